The number of fused-ring (bicyclic) bond motifs is 2. The first-order chi connectivity index (χ1) is 14.9. The molecule has 170 valence electrons. The van der Waals surface area contributed by atoms with Crippen LogP contribution in [-0.2, 0) is 0 Å². The van der Waals surface area contributed by atoms with Crippen molar-refractivity contribution in [2.45, 2.75) is 37.6 Å². The Morgan fingerprint density at radius 2 is 1.88 bits per heavy atom. The maximum atomic E-state index is 14.3. The lowest BCUT2D eigenvalue weighted by Crippen LogP contribution is -2.60. The predicted octanol–water partition coefficient (Wildman–Crippen LogP) is 5.49. The van der Waals surface area contributed by atoms with Gasteiger partial charge >= 0.3 is 11.8 Å². The van der Waals surface area contributed by atoms with E-state index in [1.54, 1.807) is 0 Å². The highest BCUT2D eigenvalue weighted by Gasteiger charge is 2.66. The number of hydrogen-bond donors (Lipinski definition) is 3. The van der Waals surface area contributed by atoms with Gasteiger partial charge in [-0.05, 0) is 35.7 Å². The number of rotatable bonds is 2. The highest BCUT2D eigenvalue weighted by atomic mass is 35.5. The summed E-state index contributed by atoms with van der Waals surface area (Å²) in [5.41, 5.74) is -4.17. The van der Waals surface area contributed by atoms with Crippen molar-refractivity contribution in [2.24, 2.45) is 5.92 Å². The van der Waals surface area contributed by atoms with E-state index < -0.39 is 51.9 Å². The quantitative estimate of drug-likeness (QED) is 0.430. The smallest absolute Gasteiger partial charge is 0.419 e. The molecule has 3 N–H and O–H groups in total. The average molecular weight is 472 g/mol. The van der Waals surface area contributed by atoms with Crippen LogP contribution in [0.15, 0.2) is 45.8 Å². The molecule has 4 rings (SSSR count). The zero-order valence-electron chi connectivity index (χ0n) is 16.8. The number of alkyl halides is 3. The summed E-state index contributed by atoms with van der Waals surface area (Å²) in [6.45, 7) is 2.55. The third-order valence-electron chi connectivity index (χ3n) is 6.41. The van der Waals surface area contributed by atoms with Gasteiger partial charge in [0.25, 0.3) is 0 Å². The average Bonchev–Trinajstić information content (AvgIpc) is 2.73. The van der Waals surface area contributed by atoms with Crippen LogP contribution in [-0.4, -0.2) is 22.0 Å². The molecule has 1 heterocycles. The number of phenols is 1. The van der Waals surface area contributed by atoms with Gasteiger partial charge < -0.3 is 19.9 Å². The summed E-state index contributed by atoms with van der Waals surface area (Å²) in [5.74, 6) is -4.54. The molecule has 4 atom stereocenters. The van der Waals surface area contributed by atoms with Gasteiger partial charge in [0.2, 0.25) is 0 Å². The zero-order chi connectivity index (χ0) is 23.6. The lowest BCUT2D eigenvalue weighted by atomic mass is 9.64. The van der Waals surface area contributed by atoms with Crippen LogP contribution in [0.3, 0.4) is 0 Å². The van der Waals surface area contributed by atoms with Crippen molar-refractivity contribution in [1.29, 1.82) is 0 Å². The highest BCUT2D eigenvalue weighted by Crippen LogP contribution is 2.58. The first-order valence-corrected chi connectivity index (χ1v) is 10.0. The molecule has 4 unspecified atom stereocenters. The third-order valence-corrected chi connectivity index (χ3v) is 6.68. The summed E-state index contributed by atoms with van der Waals surface area (Å²) < 4.78 is 62.1. The van der Waals surface area contributed by atoms with Gasteiger partial charge in [0.05, 0.1) is 22.7 Å². The number of halogens is 5. The fourth-order valence-electron chi connectivity index (χ4n) is 4.54. The molecule has 1 aliphatic carbocycles. The second-order valence-corrected chi connectivity index (χ2v) is 8.38. The molecule has 3 aromatic rings. The molecule has 0 radical (unpaired) electrons. The molecule has 0 saturated carbocycles. The van der Waals surface area contributed by atoms with E-state index >= 15 is 0 Å². The largest absolute Gasteiger partial charge is 0.505 e. The van der Waals surface area contributed by atoms with Crippen LogP contribution < -0.4 is 10.9 Å². The van der Waals surface area contributed by atoms with Gasteiger partial charge in [-0.3, -0.25) is 0 Å². The molecule has 0 amide bonds. The number of anilines is 1. The van der Waals surface area contributed by atoms with E-state index in [0.29, 0.717) is 0 Å². The van der Waals surface area contributed by atoms with E-state index in [9.17, 15) is 32.6 Å². The minimum absolute atomic E-state index is 0.0782. The number of aliphatic hydroxyl groups is 1. The van der Waals surface area contributed by atoms with Crippen LogP contribution >= 0.6 is 11.6 Å². The van der Waals surface area contributed by atoms with Gasteiger partial charge in [-0.2, -0.15) is 13.2 Å². The van der Waals surface area contributed by atoms with Crippen molar-refractivity contribution in [3.8, 4) is 5.75 Å². The maximum absolute atomic E-state index is 14.3. The Kier molecular flexibility index (Phi) is 5.17. The highest BCUT2D eigenvalue weighted by molar-refractivity contribution is 6.31. The molecule has 0 spiro atoms. The van der Waals surface area contributed by atoms with E-state index in [0.717, 1.165) is 12.3 Å². The number of nitrogens with one attached hydrogen (secondary N) is 1. The van der Waals surface area contributed by atoms with Crippen LogP contribution in [0.5, 0.6) is 5.75 Å². The van der Waals surface area contributed by atoms with E-state index in [1.807, 2.05) is 0 Å². The molecule has 5 nitrogen and oxygen atoms in total. The lowest BCUT2D eigenvalue weighted by Gasteiger charge is -2.49. The maximum Gasteiger partial charge on any atom is 0.419 e. The Bertz CT molecular complexity index is 1280. The monoisotopic (exact) mass is 471 g/mol. The molecular formula is C22H18ClF4NO4. The fourth-order valence-corrected chi connectivity index (χ4v) is 4.74. The standard InChI is InChI=1S/C22H18ClF4NO4/c1-9-10(2)21(31,22(25,26)27)19(13-8-14(23)17(24)18(29)16(9)13)28-15-5-3-4-12-11(15)6-7-32-20(12)30/h3-10,19,28-29,31H,1-2H3. The Morgan fingerprint density at radius 3 is 2.53 bits per heavy atom. The van der Waals surface area contributed by atoms with Crippen molar-refractivity contribution in [3.05, 3.63) is 69.0 Å². The SMILES string of the molecule is CC1c2c(cc(Cl)c(F)c2O)C(Nc2cccc3c(=O)occc23)C(O)(C(F)(F)F)C1C. The Balaban J connectivity index is 2.01. The van der Waals surface area contributed by atoms with Crippen molar-refractivity contribution in [3.63, 3.8) is 0 Å². The van der Waals surface area contributed by atoms with Gasteiger partial charge in [0.1, 0.15) is 0 Å². The molecule has 0 fully saturated rings. The van der Waals surface area contributed by atoms with Gasteiger partial charge in [-0.15, -0.1) is 0 Å². The third kappa shape index (κ3) is 3.06. The van der Waals surface area contributed by atoms with Crippen LogP contribution in [0.4, 0.5) is 23.2 Å². The van der Waals surface area contributed by atoms with Gasteiger partial charge in [-0.25, -0.2) is 9.18 Å². The molecule has 0 saturated heterocycles. The Hall–Kier alpha value is -2.78. The number of aromatic hydroxyl groups is 1. The Labute approximate surface area is 184 Å². The molecular weight excluding hydrogens is 454 g/mol. The summed E-state index contributed by atoms with van der Waals surface area (Å²) in [4.78, 5) is 12.0. The summed E-state index contributed by atoms with van der Waals surface area (Å²) in [6.07, 6.45) is -4.00. The van der Waals surface area contributed by atoms with E-state index in [2.05, 4.69) is 5.32 Å². The number of benzene rings is 2. The minimum atomic E-state index is -5.10. The second kappa shape index (κ2) is 7.38. The van der Waals surface area contributed by atoms with Crippen molar-refractivity contribution in [1.82, 2.24) is 0 Å². The zero-order valence-corrected chi connectivity index (χ0v) is 17.6. The van der Waals surface area contributed by atoms with Crippen molar-refractivity contribution in [2.75, 3.05) is 5.32 Å². The summed E-state index contributed by atoms with van der Waals surface area (Å²) in [5, 5.41) is 24.0. The van der Waals surface area contributed by atoms with E-state index in [-0.39, 0.29) is 27.6 Å². The predicted molar refractivity (Wildman–Crippen MR) is 111 cm³/mol. The molecule has 32 heavy (non-hydrogen) atoms. The number of phenolic OH excluding ortho intramolecular Hbond substituents is 1. The van der Waals surface area contributed by atoms with Crippen molar-refractivity contribution < 1.29 is 32.2 Å². The van der Waals surface area contributed by atoms with Gasteiger partial charge in [-0.1, -0.05) is 31.5 Å². The van der Waals surface area contributed by atoms with Gasteiger partial charge in [0, 0.05) is 22.6 Å². The summed E-state index contributed by atoms with van der Waals surface area (Å²) in [7, 11) is 0. The molecule has 1 aromatic heterocycles. The van der Waals surface area contributed by atoms with Crippen LogP contribution in [0.25, 0.3) is 10.8 Å². The summed E-state index contributed by atoms with van der Waals surface area (Å²) >= 11 is 5.85. The van der Waals surface area contributed by atoms with Crippen molar-refractivity contribution >= 4 is 28.1 Å². The number of hydrogen-bond acceptors (Lipinski definition) is 5. The first kappa shape index (κ1) is 22.4. The molecule has 0 bridgehead atoms. The first-order valence-electron chi connectivity index (χ1n) is 9.66. The lowest BCUT2D eigenvalue weighted by molar-refractivity contribution is -0.289. The Morgan fingerprint density at radius 1 is 1.19 bits per heavy atom. The molecule has 10 heteroatoms. The minimum Gasteiger partial charge on any atom is -0.505 e. The second-order valence-electron chi connectivity index (χ2n) is 7.98. The normalized spacial score (nSPS) is 25.6. The summed E-state index contributed by atoms with van der Waals surface area (Å²) in [6, 6.07) is 4.83. The molecule has 1 aliphatic rings. The van der Waals surface area contributed by atoms with E-state index in [1.165, 1.54) is 38.1 Å². The molecule has 0 aliphatic heterocycles. The fraction of sp³-hybridized carbons (Fsp3) is 0.318. The van der Waals surface area contributed by atoms with Crippen LogP contribution in [0.2, 0.25) is 5.02 Å². The van der Waals surface area contributed by atoms with Crippen LogP contribution in [0, 0.1) is 11.7 Å². The van der Waals surface area contributed by atoms with E-state index in [4.69, 9.17) is 16.0 Å². The van der Waals surface area contributed by atoms with Gasteiger partial charge in [0.15, 0.2) is 17.2 Å². The topological polar surface area (TPSA) is 82.7 Å². The molecule has 2 aromatic carbocycles. The van der Waals surface area contributed by atoms with Crippen LogP contribution in [0.1, 0.15) is 36.9 Å².